The smallest absolute Gasteiger partial charge is 0.312 e. The molecule has 0 aliphatic heterocycles. The largest absolute Gasteiger partial charge is 0.466 e. The normalized spacial score (nSPS) is 11.2. The van der Waals surface area contributed by atoms with Gasteiger partial charge in [-0.15, -0.1) is 10.2 Å². The standard InChI is InChI=1S/C17H15ClN4O2/c1-2-24-16(23)11-14-17(22-9-4-3-8-15(22)19-14)21-20-13-7-5-6-12(18)10-13/h3-10H,2,11H2,1H3. The van der Waals surface area contributed by atoms with Gasteiger partial charge in [-0.05, 0) is 37.3 Å². The Balaban J connectivity index is 1.99. The molecule has 0 aliphatic carbocycles. The summed E-state index contributed by atoms with van der Waals surface area (Å²) in [5.41, 5.74) is 1.83. The molecule has 6 nitrogen and oxygen atoms in total. The quantitative estimate of drug-likeness (QED) is 0.506. The van der Waals surface area contributed by atoms with Gasteiger partial charge in [-0.1, -0.05) is 23.7 Å². The lowest BCUT2D eigenvalue weighted by Crippen LogP contribution is -2.07. The van der Waals surface area contributed by atoms with E-state index in [0.29, 0.717) is 34.5 Å². The highest BCUT2D eigenvalue weighted by atomic mass is 35.5. The third-order valence-corrected chi connectivity index (χ3v) is 3.49. The molecule has 0 saturated carbocycles. The van der Waals surface area contributed by atoms with Gasteiger partial charge in [-0.25, -0.2) is 4.98 Å². The second kappa shape index (κ2) is 7.23. The second-order valence-electron chi connectivity index (χ2n) is 4.97. The molecule has 24 heavy (non-hydrogen) atoms. The van der Waals surface area contributed by atoms with E-state index in [1.54, 1.807) is 35.6 Å². The van der Waals surface area contributed by atoms with E-state index in [-0.39, 0.29) is 12.4 Å². The van der Waals surface area contributed by atoms with Crippen LogP contribution in [0.15, 0.2) is 58.9 Å². The zero-order valence-electron chi connectivity index (χ0n) is 13.0. The summed E-state index contributed by atoms with van der Waals surface area (Å²) in [6.45, 7) is 2.09. The van der Waals surface area contributed by atoms with Crippen LogP contribution in [0.1, 0.15) is 12.6 Å². The summed E-state index contributed by atoms with van der Waals surface area (Å²) in [5.74, 6) is 0.152. The molecule has 0 atom stereocenters. The van der Waals surface area contributed by atoms with Gasteiger partial charge in [-0.3, -0.25) is 9.20 Å². The summed E-state index contributed by atoms with van der Waals surface area (Å²) in [6.07, 6.45) is 1.86. The maximum absolute atomic E-state index is 11.8. The Morgan fingerprint density at radius 3 is 2.92 bits per heavy atom. The molecule has 0 bridgehead atoms. The van der Waals surface area contributed by atoms with Crippen LogP contribution in [0.4, 0.5) is 11.5 Å². The molecular formula is C17H15ClN4O2. The molecule has 122 valence electrons. The molecule has 0 unspecified atom stereocenters. The van der Waals surface area contributed by atoms with Crippen LogP contribution in [0.3, 0.4) is 0 Å². The van der Waals surface area contributed by atoms with E-state index in [9.17, 15) is 4.79 Å². The van der Waals surface area contributed by atoms with Gasteiger partial charge < -0.3 is 4.74 Å². The van der Waals surface area contributed by atoms with Gasteiger partial charge in [0.25, 0.3) is 0 Å². The Morgan fingerprint density at radius 1 is 1.25 bits per heavy atom. The van der Waals surface area contributed by atoms with Crippen LogP contribution in [0.2, 0.25) is 5.02 Å². The number of fused-ring (bicyclic) bond motifs is 1. The zero-order chi connectivity index (χ0) is 16.9. The number of carbonyl (C=O) groups excluding carboxylic acids is 1. The molecule has 1 aromatic carbocycles. The minimum absolute atomic E-state index is 0.0411. The summed E-state index contributed by atoms with van der Waals surface area (Å²) in [4.78, 5) is 16.2. The van der Waals surface area contributed by atoms with Crippen molar-refractivity contribution in [2.24, 2.45) is 10.2 Å². The number of carbonyl (C=O) groups is 1. The van der Waals surface area contributed by atoms with Crippen molar-refractivity contribution < 1.29 is 9.53 Å². The number of hydrogen-bond acceptors (Lipinski definition) is 5. The SMILES string of the molecule is CCOC(=O)Cc1nc2ccccn2c1N=Nc1cccc(Cl)c1. The second-order valence-corrected chi connectivity index (χ2v) is 5.41. The number of nitrogens with zero attached hydrogens (tertiary/aromatic N) is 4. The Kier molecular flexibility index (Phi) is 4.86. The Labute approximate surface area is 143 Å². The first kappa shape index (κ1) is 16.1. The number of esters is 1. The van der Waals surface area contributed by atoms with Crippen LogP contribution in [0.25, 0.3) is 5.65 Å². The minimum atomic E-state index is -0.347. The van der Waals surface area contributed by atoms with Crippen LogP contribution < -0.4 is 0 Å². The van der Waals surface area contributed by atoms with Gasteiger partial charge in [-0.2, -0.15) is 0 Å². The van der Waals surface area contributed by atoms with Crippen LogP contribution >= 0.6 is 11.6 Å². The van der Waals surface area contributed by atoms with E-state index in [1.807, 2.05) is 24.4 Å². The number of imidazole rings is 1. The monoisotopic (exact) mass is 342 g/mol. The van der Waals surface area contributed by atoms with E-state index in [0.717, 1.165) is 0 Å². The summed E-state index contributed by atoms with van der Waals surface area (Å²) >= 11 is 5.96. The third-order valence-electron chi connectivity index (χ3n) is 3.26. The van der Waals surface area contributed by atoms with Crippen molar-refractivity contribution in [2.45, 2.75) is 13.3 Å². The van der Waals surface area contributed by atoms with Crippen molar-refractivity contribution >= 4 is 34.7 Å². The average Bonchev–Trinajstić information content (AvgIpc) is 2.90. The highest BCUT2D eigenvalue weighted by molar-refractivity contribution is 6.30. The number of benzene rings is 1. The topological polar surface area (TPSA) is 68.3 Å². The van der Waals surface area contributed by atoms with Gasteiger partial charge in [0.15, 0.2) is 5.82 Å². The van der Waals surface area contributed by atoms with Gasteiger partial charge in [0.2, 0.25) is 0 Å². The third kappa shape index (κ3) is 3.60. The van der Waals surface area contributed by atoms with Crippen molar-refractivity contribution in [3.8, 4) is 0 Å². The lowest BCUT2D eigenvalue weighted by atomic mass is 10.3. The summed E-state index contributed by atoms with van der Waals surface area (Å²) in [7, 11) is 0. The maximum atomic E-state index is 11.8. The first-order valence-electron chi connectivity index (χ1n) is 7.46. The summed E-state index contributed by atoms with van der Waals surface area (Å²) < 4.78 is 6.78. The highest BCUT2D eigenvalue weighted by Gasteiger charge is 2.15. The molecule has 0 N–H and O–H groups in total. The molecule has 2 aromatic heterocycles. The van der Waals surface area contributed by atoms with Gasteiger partial charge in [0.05, 0.1) is 24.4 Å². The average molecular weight is 343 g/mol. The number of aromatic nitrogens is 2. The molecule has 2 heterocycles. The molecule has 7 heteroatoms. The van der Waals surface area contributed by atoms with Crippen LogP contribution in [0.5, 0.6) is 0 Å². The Hall–Kier alpha value is -2.73. The fourth-order valence-electron chi connectivity index (χ4n) is 2.25. The number of rotatable bonds is 5. The number of pyridine rings is 1. The van der Waals surface area contributed by atoms with E-state index < -0.39 is 0 Å². The molecule has 3 rings (SSSR count). The van der Waals surface area contributed by atoms with Crippen LogP contribution in [-0.2, 0) is 16.0 Å². The van der Waals surface area contributed by atoms with Crippen molar-refractivity contribution in [1.29, 1.82) is 0 Å². The summed E-state index contributed by atoms with van der Waals surface area (Å²) in [6, 6.07) is 12.6. The minimum Gasteiger partial charge on any atom is -0.466 e. The highest BCUT2D eigenvalue weighted by Crippen LogP contribution is 2.25. The van der Waals surface area contributed by atoms with Crippen molar-refractivity contribution in [1.82, 2.24) is 9.38 Å². The fraction of sp³-hybridized carbons (Fsp3) is 0.176. The van der Waals surface area contributed by atoms with Gasteiger partial charge in [0, 0.05) is 11.2 Å². The van der Waals surface area contributed by atoms with Crippen molar-refractivity contribution in [2.75, 3.05) is 6.61 Å². The van der Waals surface area contributed by atoms with Crippen LogP contribution in [0, 0.1) is 0 Å². The lowest BCUT2D eigenvalue weighted by molar-refractivity contribution is -0.142. The molecule has 0 radical (unpaired) electrons. The van der Waals surface area contributed by atoms with E-state index in [1.165, 1.54) is 0 Å². The predicted molar refractivity (Wildman–Crippen MR) is 91.2 cm³/mol. The predicted octanol–water partition coefficient (Wildman–Crippen LogP) is 4.51. The number of ether oxygens (including phenoxy) is 1. The first-order valence-corrected chi connectivity index (χ1v) is 7.84. The van der Waals surface area contributed by atoms with Gasteiger partial charge in [0.1, 0.15) is 5.65 Å². The molecule has 0 amide bonds. The fourth-order valence-corrected chi connectivity index (χ4v) is 2.43. The Morgan fingerprint density at radius 2 is 2.12 bits per heavy atom. The zero-order valence-corrected chi connectivity index (χ0v) is 13.8. The Bertz CT molecular complexity index is 904. The van der Waals surface area contributed by atoms with E-state index in [2.05, 4.69) is 15.2 Å². The molecule has 0 spiro atoms. The van der Waals surface area contributed by atoms with Crippen molar-refractivity contribution in [3.05, 3.63) is 59.4 Å². The molecule has 0 fully saturated rings. The molecule has 3 aromatic rings. The summed E-state index contributed by atoms with van der Waals surface area (Å²) in [5, 5.41) is 9.06. The maximum Gasteiger partial charge on any atom is 0.312 e. The molecule has 0 saturated heterocycles. The number of halogens is 1. The number of hydrogen-bond donors (Lipinski definition) is 0. The molecular weight excluding hydrogens is 328 g/mol. The van der Waals surface area contributed by atoms with E-state index in [4.69, 9.17) is 16.3 Å². The molecule has 0 aliphatic rings. The van der Waals surface area contributed by atoms with Crippen LogP contribution in [-0.4, -0.2) is 22.0 Å². The first-order chi connectivity index (χ1) is 11.7. The van der Waals surface area contributed by atoms with Crippen molar-refractivity contribution in [3.63, 3.8) is 0 Å². The lowest BCUT2D eigenvalue weighted by Gasteiger charge is -2.00. The number of azo groups is 1. The van der Waals surface area contributed by atoms with E-state index >= 15 is 0 Å². The van der Waals surface area contributed by atoms with Gasteiger partial charge >= 0.3 is 5.97 Å².